The summed E-state index contributed by atoms with van der Waals surface area (Å²) in [5.41, 5.74) is 1.35. The van der Waals surface area contributed by atoms with E-state index in [-0.39, 0.29) is 23.3 Å². The summed E-state index contributed by atoms with van der Waals surface area (Å²) < 4.78 is 43.1. The Labute approximate surface area is 196 Å². The van der Waals surface area contributed by atoms with Gasteiger partial charge in [-0.05, 0) is 61.0 Å². The minimum atomic E-state index is -3.81. The number of hydrogen-bond donors (Lipinski definition) is 2. The predicted octanol–water partition coefficient (Wildman–Crippen LogP) is 3.25. The Balaban J connectivity index is 1.30. The summed E-state index contributed by atoms with van der Waals surface area (Å²) in [5, 5.41) is 2.75. The summed E-state index contributed by atoms with van der Waals surface area (Å²) in [7, 11) is -3.81. The van der Waals surface area contributed by atoms with Gasteiger partial charge >= 0.3 is 5.97 Å². The second-order valence-corrected chi connectivity index (χ2v) is 9.16. The molecule has 2 N–H and O–H groups in total. The number of ether oxygens (including phenoxy) is 3. The molecule has 4 rings (SSSR count). The Morgan fingerprint density at radius 2 is 1.68 bits per heavy atom. The topological polar surface area (TPSA) is 120 Å². The minimum Gasteiger partial charge on any atom is -0.454 e. The van der Waals surface area contributed by atoms with E-state index in [2.05, 4.69) is 10.0 Å². The molecule has 1 unspecified atom stereocenters. The van der Waals surface area contributed by atoms with Crippen molar-refractivity contribution in [1.29, 1.82) is 0 Å². The molecule has 176 valence electrons. The predicted molar refractivity (Wildman–Crippen MR) is 123 cm³/mol. The third-order valence-electron chi connectivity index (χ3n) is 5.03. The van der Waals surface area contributed by atoms with Crippen LogP contribution in [0.25, 0.3) is 0 Å². The van der Waals surface area contributed by atoms with Gasteiger partial charge in [0.1, 0.15) is 0 Å². The molecule has 0 aliphatic carbocycles. The largest absolute Gasteiger partial charge is 0.454 e. The van der Waals surface area contributed by atoms with Gasteiger partial charge in [-0.3, -0.25) is 9.52 Å². The molecule has 0 spiro atoms. The van der Waals surface area contributed by atoms with Crippen molar-refractivity contribution in [3.8, 4) is 11.5 Å². The second-order valence-electron chi connectivity index (χ2n) is 7.47. The number of nitrogens with one attached hydrogen (secondary N) is 2. The molecular formula is C24H22N2O7S. The van der Waals surface area contributed by atoms with Crippen LogP contribution in [-0.2, 0) is 19.6 Å². The fourth-order valence-electron chi connectivity index (χ4n) is 3.25. The number of fused-ring (bicyclic) bond motifs is 1. The highest BCUT2D eigenvalue weighted by Gasteiger charge is 2.19. The van der Waals surface area contributed by atoms with Crippen LogP contribution in [0.5, 0.6) is 11.5 Å². The van der Waals surface area contributed by atoms with Crippen LogP contribution in [0, 0.1) is 0 Å². The summed E-state index contributed by atoms with van der Waals surface area (Å²) >= 11 is 0. The first-order valence-corrected chi connectivity index (χ1v) is 11.8. The molecule has 0 bridgehead atoms. The average Bonchev–Trinajstić information content (AvgIpc) is 3.31. The molecular weight excluding hydrogens is 460 g/mol. The SMILES string of the molecule is CC(NC(=O)COC(=O)c1ccc(S(=O)(=O)Nc2ccccc2)cc1)c1ccc2c(c1)OCO2. The molecule has 0 saturated heterocycles. The van der Waals surface area contributed by atoms with Gasteiger partial charge in [-0.15, -0.1) is 0 Å². The van der Waals surface area contributed by atoms with Crippen LogP contribution in [0.1, 0.15) is 28.9 Å². The maximum absolute atomic E-state index is 12.5. The van der Waals surface area contributed by atoms with Crippen molar-refractivity contribution < 1.29 is 32.2 Å². The number of rotatable bonds is 8. The molecule has 3 aromatic rings. The van der Waals surface area contributed by atoms with E-state index >= 15 is 0 Å². The zero-order chi connectivity index (χ0) is 24.1. The van der Waals surface area contributed by atoms with Crippen LogP contribution < -0.4 is 19.5 Å². The van der Waals surface area contributed by atoms with E-state index in [4.69, 9.17) is 14.2 Å². The number of anilines is 1. The van der Waals surface area contributed by atoms with Crippen molar-refractivity contribution in [3.63, 3.8) is 0 Å². The number of carbonyl (C=O) groups is 2. The summed E-state index contributed by atoms with van der Waals surface area (Å²) in [4.78, 5) is 24.5. The Kier molecular flexibility index (Phi) is 6.69. The van der Waals surface area contributed by atoms with Gasteiger partial charge in [0.05, 0.1) is 16.5 Å². The van der Waals surface area contributed by atoms with E-state index < -0.39 is 28.5 Å². The zero-order valence-electron chi connectivity index (χ0n) is 18.2. The number of benzene rings is 3. The number of esters is 1. The Hall–Kier alpha value is -4.05. The van der Waals surface area contributed by atoms with Gasteiger partial charge in [0.2, 0.25) is 6.79 Å². The molecule has 10 heteroatoms. The first-order chi connectivity index (χ1) is 16.3. The van der Waals surface area contributed by atoms with E-state index in [0.717, 1.165) is 5.56 Å². The maximum atomic E-state index is 12.5. The van der Waals surface area contributed by atoms with Gasteiger partial charge in [-0.2, -0.15) is 0 Å². The van der Waals surface area contributed by atoms with E-state index in [1.54, 1.807) is 49.4 Å². The highest BCUT2D eigenvalue weighted by atomic mass is 32.2. The number of para-hydroxylation sites is 1. The van der Waals surface area contributed by atoms with Crippen molar-refractivity contribution in [2.75, 3.05) is 18.1 Å². The Morgan fingerprint density at radius 3 is 2.41 bits per heavy atom. The molecule has 0 fully saturated rings. The van der Waals surface area contributed by atoms with Crippen LogP contribution >= 0.6 is 0 Å². The smallest absolute Gasteiger partial charge is 0.338 e. The molecule has 3 aromatic carbocycles. The third kappa shape index (κ3) is 5.46. The molecule has 9 nitrogen and oxygen atoms in total. The van der Waals surface area contributed by atoms with Crippen LogP contribution in [0.2, 0.25) is 0 Å². The molecule has 1 aliphatic rings. The lowest BCUT2D eigenvalue weighted by Crippen LogP contribution is -2.31. The Morgan fingerprint density at radius 1 is 0.971 bits per heavy atom. The van der Waals surface area contributed by atoms with Gasteiger partial charge in [0.25, 0.3) is 15.9 Å². The number of hydrogen-bond acceptors (Lipinski definition) is 7. The molecule has 0 saturated carbocycles. The van der Waals surface area contributed by atoms with Crippen molar-refractivity contribution in [3.05, 3.63) is 83.9 Å². The van der Waals surface area contributed by atoms with Crippen LogP contribution in [0.15, 0.2) is 77.7 Å². The highest BCUT2D eigenvalue weighted by Crippen LogP contribution is 2.34. The van der Waals surface area contributed by atoms with Crippen molar-refractivity contribution >= 4 is 27.6 Å². The monoisotopic (exact) mass is 482 g/mol. The molecule has 1 aliphatic heterocycles. The fraction of sp³-hybridized carbons (Fsp3) is 0.167. The van der Waals surface area contributed by atoms with E-state index in [0.29, 0.717) is 17.2 Å². The fourth-order valence-corrected chi connectivity index (χ4v) is 4.31. The molecule has 1 heterocycles. The normalized spacial score (nSPS) is 13.1. The molecule has 34 heavy (non-hydrogen) atoms. The summed E-state index contributed by atoms with van der Waals surface area (Å²) in [6.07, 6.45) is 0. The van der Waals surface area contributed by atoms with Crippen LogP contribution in [0.4, 0.5) is 5.69 Å². The molecule has 0 aromatic heterocycles. The lowest BCUT2D eigenvalue weighted by Gasteiger charge is -2.15. The standard InChI is InChI=1S/C24H22N2O7S/c1-16(18-9-12-21-22(13-18)33-15-32-21)25-23(27)14-31-24(28)17-7-10-20(11-8-17)34(29,30)26-19-5-3-2-4-6-19/h2-13,16,26H,14-15H2,1H3,(H,25,27). The van der Waals surface area contributed by atoms with Gasteiger partial charge in [0, 0.05) is 5.69 Å². The quantitative estimate of drug-likeness (QED) is 0.473. The number of sulfonamides is 1. The summed E-state index contributed by atoms with van der Waals surface area (Å²) in [6.45, 7) is 1.47. The summed E-state index contributed by atoms with van der Waals surface area (Å²) in [5.74, 6) is 0.0240. The van der Waals surface area contributed by atoms with Gasteiger partial charge < -0.3 is 19.5 Å². The molecule has 1 atom stereocenters. The van der Waals surface area contributed by atoms with Crippen molar-refractivity contribution in [1.82, 2.24) is 5.32 Å². The van der Waals surface area contributed by atoms with Gasteiger partial charge in [0.15, 0.2) is 18.1 Å². The van der Waals surface area contributed by atoms with Gasteiger partial charge in [-0.1, -0.05) is 24.3 Å². The lowest BCUT2D eigenvalue weighted by molar-refractivity contribution is -0.124. The van der Waals surface area contributed by atoms with E-state index in [1.165, 1.54) is 24.3 Å². The third-order valence-corrected chi connectivity index (χ3v) is 6.43. The van der Waals surface area contributed by atoms with Gasteiger partial charge in [-0.25, -0.2) is 13.2 Å². The van der Waals surface area contributed by atoms with Crippen molar-refractivity contribution in [2.45, 2.75) is 17.9 Å². The number of carbonyl (C=O) groups excluding carboxylic acids is 2. The molecule has 0 radical (unpaired) electrons. The highest BCUT2D eigenvalue weighted by molar-refractivity contribution is 7.92. The first-order valence-electron chi connectivity index (χ1n) is 10.4. The lowest BCUT2D eigenvalue weighted by atomic mass is 10.1. The van der Waals surface area contributed by atoms with E-state index in [9.17, 15) is 18.0 Å². The second kappa shape index (κ2) is 9.84. The van der Waals surface area contributed by atoms with E-state index in [1.807, 2.05) is 6.07 Å². The maximum Gasteiger partial charge on any atom is 0.338 e. The first kappa shape index (κ1) is 23.1. The van der Waals surface area contributed by atoms with Crippen LogP contribution in [0.3, 0.4) is 0 Å². The Bertz CT molecular complexity index is 1290. The minimum absolute atomic E-state index is 0.0109. The average molecular weight is 483 g/mol. The summed E-state index contributed by atoms with van der Waals surface area (Å²) in [6, 6.07) is 18.7. The van der Waals surface area contributed by atoms with Crippen molar-refractivity contribution in [2.24, 2.45) is 0 Å². The number of amides is 1. The zero-order valence-corrected chi connectivity index (χ0v) is 19.0. The van der Waals surface area contributed by atoms with Crippen LogP contribution in [-0.4, -0.2) is 33.7 Å². The molecule has 1 amide bonds.